The van der Waals surface area contributed by atoms with Crippen molar-refractivity contribution in [2.45, 2.75) is 18.7 Å². The summed E-state index contributed by atoms with van der Waals surface area (Å²) in [5.41, 5.74) is 4.45. The van der Waals surface area contributed by atoms with Crippen LogP contribution in [-0.4, -0.2) is 34.2 Å². The molecule has 2 aromatic rings. The third-order valence-electron chi connectivity index (χ3n) is 4.26. The highest BCUT2D eigenvalue weighted by molar-refractivity contribution is 14.0. The van der Waals surface area contributed by atoms with E-state index in [2.05, 4.69) is 33.4 Å². The molecule has 0 atom stereocenters. The Hall–Kier alpha value is -1.61. The normalized spacial score (nSPS) is 13.9. The summed E-state index contributed by atoms with van der Waals surface area (Å²) in [5, 5.41) is 3.39. The first-order valence-electron chi connectivity index (χ1n) is 8.28. The number of benzene rings is 2. The minimum absolute atomic E-state index is 0. The smallest absolute Gasteiger partial charge is 0.198 e. The summed E-state index contributed by atoms with van der Waals surface area (Å²) < 4.78 is 22.7. The van der Waals surface area contributed by atoms with Crippen LogP contribution in [0.3, 0.4) is 0 Å². The predicted molar refractivity (Wildman–Crippen MR) is 118 cm³/mol. The van der Waals surface area contributed by atoms with Gasteiger partial charge in [0.15, 0.2) is 15.8 Å². The molecule has 1 aliphatic heterocycles. The van der Waals surface area contributed by atoms with E-state index >= 15 is 0 Å². The van der Waals surface area contributed by atoms with E-state index < -0.39 is 9.84 Å². The molecule has 0 aromatic heterocycles. The second-order valence-corrected chi connectivity index (χ2v) is 8.46. The number of hydrogen-bond acceptors (Lipinski definition) is 3. The van der Waals surface area contributed by atoms with Crippen molar-refractivity contribution in [3.63, 3.8) is 0 Å². The molecule has 1 aliphatic rings. The van der Waals surface area contributed by atoms with Crippen LogP contribution in [0.4, 0.5) is 5.69 Å². The van der Waals surface area contributed by atoms with Gasteiger partial charge < -0.3 is 10.2 Å². The van der Waals surface area contributed by atoms with Crippen molar-refractivity contribution in [3.8, 4) is 0 Å². The van der Waals surface area contributed by atoms with Crippen LogP contribution in [0.15, 0.2) is 53.5 Å². The molecule has 26 heavy (non-hydrogen) atoms. The number of sulfone groups is 1. The van der Waals surface area contributed by atoms with Gasteiger partial charge in [-0.05, 0) is 29.2 Å². The Morgan fingerprint density at radius 1 is 1.12 bits per heavy atom. The number of anilines is 1. The van der Waals surface area contributed by atoms with Gasteiger partial charge in [-0.25, -0.2) is 8.42 Å². The van der Waals surface area contributed by atoms with E-state index in [0.717, 1.165) is 30.1 Å². The summed E-state index contributed by atoms with van der Waals surface area (Å²) in [6, 6.07) is 16.0. The molecule has 0 saturated heterocycles. The zero-order valence-corrected chi connectivity index (χ0v) is 18.1. The van der Waals surface area contributed by atoms with Gasteiger partial charge in [0.05, 0.1) is 5.75 Å². The van der Waals surface area contributed by atoms with Gasteiger partial charge in [0.25, 0.3) is 0 Å². The highest BCUT2D eigenvalue weighted by atomic mass is 127. The third kappa shape index (κ3) is 5.20. The van der Waals surface area contributed by atoms with Crippen molar-refractivity contribution >= 4 is 45.5 Å². The SMILES string of the molecule is CN=C(NCc1ccc(CS(C)(=O)=O)cc1)N1CCc2ccccc21.I. The van der Waals surface area contributed by atoms with Gasteiger partial charge in [-0.1, -0.05) is 42.5 Å². The largest absolute Gasteiger partial charge is 0.352 e. The first kappa shape index (κ1) is 20.7. The number of guanidine groups is 1. The zero-order valence-electron chi connectivity index (χ0n) is 15.0. The van der Waals surface area contributed by atoms with Crippen LogP contribution in [0.1, 0.15) is 16.7 Å². The number of rotatable bonds is 4. The molecule has 2 aromatic carbocycles. The molecule has 0 fully saturated rings. The lowest BCUT2D eigenvalue weighted by Crippen LogP contribution is -2.40. The van der Waals surface area contributed by atoms with E-state index in [4.69, 9.17) is 0 Å². The maximum absolute atomic E-state index is 11.4. The van der Waals surface area contributed by atoms with E-state index in [1.165, 1.54) is 17.5 Å². The average Bonchev–Trinajstić information content (AvgIpc) is 3.00. The first-order valence-corrected chi connectivity index (χ1v) is 10.3. The lowest BCUT2D eigenvalue weighted by atomic mass is 10.1. The maximum atomic E-state index is 11.4. The van der Waals surface area contributed by atoms with Gasteiger partial charge in [0, 0.05) is 32.1 Å². The van der Waals surface area contributed by atoms with Crippen molar-refractivity contribution in [2.24, 2.45) is 4.99 Å². The van der Waals surface area contributed by atoms with Crippen LogP contribution in [0.2, 0.25) is 0 Å². The topological polar surface area (TPSA) is 61.8 Å². The summed E-state index contributed by atoms with van der Waals surface area (Å²) in [4.78, 5) is 6.60. The molecule has 140 valence electrons. The molecule has 0 spiro atoms. The lowest BCUT2D eigenvalue weighted by molar-refractivity contribution is 0.601. The minimum atomic E-state index is -3.00. The Morgan fingerprint density at radius 2 is 1.77 bits per heavy atom. The van der Waals surface area contributed by atoms with E-state index in [1.807, 2.05) is 30.3 Å². The molecule has 0 amide bonds. The van der Waals surface area contributed by atoms with Gasteiger partial charge in [0.1, 0.15) is 0 Å². The molecular formula is C19H24IN3O2S. The van der Waals surface area contributed by atoms with Crippen molar-refractivity contribution in [3.05, 3.63) is 65.2 Å². The summed E-state index contributed by atoms with van der Waals surface area (Å²) >= 11 is 0. The number of nitrogens with one attached hydrogen (secondary N) is 1. The Kier molecular flexibility index (Phi) is 7.05. The van der Waals surface area contributed by atoms with Gasteiger partial charge in [0.2, 0.25) is 0 Å². The highest BCUT2D eigenvalue weighted by Gasteiger charge is 2.22. The first-order chi connectivity index (χ1) is 12.0. The van der Waals surface area contributed by atoms with Gasteiger partial charge in [-0.3, -0.25) is 4.99 Å². The number of nitrogens with zero attached hydrogens (tertiary/aromatic N) is 2. The predicted octanol–water partition coefficient (Wildman–Crippen LogP) is 2.99. The molecule has 0 radical (unpaired) electrons. The Balaban J connectivity index is 0.00000243. The van der Waals surface area contributed by atoms with E-state index in [9.17, 15) is 8.42 Å². The Morgan fingerprint density at radius 3 is 2.42 bits per heavy atom. The molecule has 0 unspecified atom stereocenters. The van der Waals surface area contributed by atoms with Gasteiger partial charge >= 0.3 is 0 Å². The van der Waals surface area contributed by atoms with Gasteiger partial charge in [-0.2, -0.15) is 0 Å². The number of halogens is 1. The maximum Gasteiger partial charge on any atom is 0.198 e. The van der Waals surface area contributed by atoms with Crippen molar-refractivity contribution in [2.75, 3.05) is 24.7 Å². The van der Waals surface area contributed by atoms with Crippen LogP contribution in [-0.2, 0) is 28.6 Å². The lowest BCUT2D eigenvalue weighted by Gasteiger charge is -2.22. The molecule has 3 rings (SSSR count). The number of hydrogen-bond donors (Lipinski definition) is 1. The minimum Gasteiger partial charge on any atom is -0.352 e. The van der Waals surface area contributed by atoms with Gasteiger partial charge in [-0.15, -0.1) is 24.0 Å². The molecule has 7 heteroatoms. The fraction of sp³-hybridized carbons (Fsp3) is 0.316. The second-order valence-electron chi connectivity index (χ2n) is 6.32. The molecule has 0 aliphatic carbocycles. The highest BCUT2D eigenvalue weighted by Crippen LogP contribution is 2.27. The quantitative estimate of drug-likeness (QED) is 0.411. The number of para-hydroxylation sites is 1. The van der Waals surface area contributed by atoms with Crippen LogP contribution < -0.4 is 10.2 Å². The monoisotopic (exact) mass is 485 g/mol. The third-order valence-corrected chi connectivity index (χ3v) is 5.11. The van der Waals surface area contributed by atoms with Crippen LogP contribution in [0.5, 0.6) is 0 Å². The van der Waals surface area contributed by atoms with Crippen LogP contribution in [0.25, 0.3) is 0 Å². The Labute approximate surface area is 172 Å². The number of fused-ring (bicyclic) bond motifs is 1. The fourth-order valence-electron chi connectivity index (χ4n) is 3.09. The number of aliphatic imine (C=N–C) groups is 1. The fourth-order valence-corrected chi connectivity index (χ4v) is 3.89. The van der Waals surface area contributed by atoms with Crippen molar-refractivity contribution < 1.29 is 8.42 Å². The van der Waals surface area contributed by atoms with Crippen LogP contribution in [0, 0.1) is 0 Å². The summed E-state index contributed by atoms with van der Waals surface area (Å²) in [5.74, 6) is 0.928. The summed E-state index contributed by atoms with van der Waals surface area (Å²) in [7, 11) is -1.21. The molecule has 1 N–H and O–H groups in total. The standard InChI is InChI=1S/C19H23N3O2S.HI/c1-20-19(22-12-11-17-5-3-4-6-18(17)22)21-13-15-7-9-16(10-8-15)14-25(2,23)24;/h3-10H,11-14H2,1-2H3,(H,20,21);1H. The summed E-state index contributed by atoms with van der Waals surface area (Å²) in [6.45, 7) is 1.57. The summed E-state index contributed by atoms with van der Waals surface area (Å²) in [6.07, 6.45) is 2.28. The molecule has 0 saturated carbocycles. The van der Waals surface area contributed by atoms with E-state index in [1.54, 1.807) is 7.05 Å². The molecular weight excluding hydrogens is 461 g/mol. The van der Waals surface area contributed by atoms with E-state index in [0.29, 0.717) is 6.54 Å². The molecule has 0 bridgehead atoms. The van der Waals surface area contributed by atoms with E-state index in [-0.39, 0.29) is 29.7 Å². The van der Waals surface area contributed by atoms with Crippen LogP contribution >= 0.6 is 24.0 Å². The molecule has 1 heterocycles. The average molecular weight is 485 g/mol. The van der Waals surface area contributed by atoms with Crippen molar-refractivity contribution in [1.82, 2.24) is 5.32 Å². The second kappa shape index (κ2) is 8.85. The Bertz CT molecular complexity index is 880. The zero-order chi connectivity index (χ0) is 17.9. The van der Waals surface area contributed by atoms with Crippen molar-refractivity contribution in [1.29, 1.82) is 0 Å². The molecule has 5 nitrogen and oxygen atoms in total.